The summed E-state index contributed by atoms with van der Waals surface area (Å²) in [6, 6.07) is 0. The molecule has 0 fully saturated rings. The molecule has 0 aliphatic heterocycles. The Hall–Kier alpha value is -0.510. The van der Waals surface area contributed by atoms with Gasteiger partial charge >= 0.3 is 0 Å². The van der Waals surface area contributed by atoms with E-state index < -0.39 is 0 Å². The standard InChI is InChI=1S/C16H32N6S.HI/c1-5-6-7-8-10-17-16(18-11-9-12-23-4)19-13-15-21-20-14(2)22(15)3;/h5-13H2,1-4H3,(H2,17,18,19);1H. The highest BCUT2D eigenvalue weighted by Crippen LogP contribution is 2.00. The predicted octanol–water partition coefficient (Wildman–Crippen LogP) is 3.11. The molecule has 0 saturated heterocycles. The fourth-order valence-corrected chi connectivity index (χ4v) is 2.53. The summed E-state index contributed by atoms with van der Waals surface area (Å²) in [6.07, 6.45) is 8.29. The molecule has 24 heavy (non-hydrogen) atoms. The van der Waals surface area contributed by atoms with Crippen LogP contribution in [-0.2, 0) is 13.6 Å². The number of rotatable bonds is 11. The van der Waals surface area contributed by atoms with Crippen molar-refractivity contribution >= 4 is 41.7 Å². The Morgan fingerprint density at radius 2 is 1.83 bits per heavy atom. The summed E-state index contributed by atoms with van der Waals surface area (Å²) >= 11 is 1.87. The minimum Gasteiger partial charge on any atom is -0.356 e. The summed E-state index contributed by atoms with van der Waals surface area (Å²) in [4.78, 5) is 4.65. The molecule has 0 aromatic carbocycles. The van der Waals surface area contributed by atoms with Gasteiger partial charge in [-0.2, -0.15) is 11.8 Å². The molecule has 0 aliphatic rings. The summed E-state index contributed by atoms with van der Waals surface area (Å²) < 4.78 is 1.98. The van der Waals surface area contributed by atoms with Crippen LogP contribution in [-0.4, -0.2) is 45.8 Å². The molecule has 8 heteroatoms. The molecule has 1 aromatic rings. The number of aryl methyl sites for hydroxylation is 1. The number of nitrogens with one attached hydrogen (secondary N) is 2. The van der Waals surface area contributed by atoms with Gasteiger partial charge < -0.3 is 15.2 Å². The first-order chi connectivity index (χ1) is 11.2. The van der Waals surface area contributed by atoms with Gasteiger partial charge in [-0.3, -0.25) is 0 Å². The lowest BCUT2D eigenvalue weighted by Crippen LogP contribution is -2.38. The molecule has 0 spiro atoms. The van der Waals surface area contributed by atoms with Gasteiger partial charge in [0.1, 0.15) is 12.4 Å². The highest BCUT2D eigenvalue weighted by molar-refractivity contribution is 14.0. The normalized spacial score (nSPS) is 11.2. The van der Waals surface area contributed by atoms with Crippen molar-refractivity contribution in [2.45, 2.75) is 52.5 Å². The number of aromatic nitrogens is 3. The molecule has 1 rings (SSSR count). The quantitative estimate of drug-likeness (QED) is 0.226. The monoisotopic (exact) mass is 468 g/mol. The SMILES string of the molecule is CCCCCCNC(=NCc1nnc(C)n1C)NCCCSC.I. The first-order valence-corrected chi connectivity index (χ1v) is 9.94. The van der Waals surface area contributed by atoms with Crippen LogP contribution in [0, 0.1) is 6.92 Å². The van der Waals surface area contributed by atoms with E-state index in [1.165, 1.54) is 31.4 Å². The second-order valence-electron chi connectivity index (χ2n) is 5.65. The molecule has 1 heterocycles. The molecule has 0 aliphatic carbocycles. The molecule has 0 amide bonds. The van der Waals surface area contributed by atoms with Gasteiger partial charge in [0.05, 0.1) is 0 Å². The van der Waals surface area contributed by atoms with Gasteiger partial charge in [-0.25, -0.2) is 4.99 Å². The number of hydrogen-bond donors (Lipinski definition) is 2. The largest absolute Gasteiger partial charge is 0.356 e. The van der Waals surface area contributed by atoms with Crippen molar-refractivity contribution in [3.05, 3.63) is 11.6 Å². The summed E-state index contributed by atoms with van der Waals surface area (Å²) in [5.74, 6) is 3.85. The fraction of sp³-hybridized carbons (Fsp3) is 0.812. The highest BCUT2D eigenvalue weighted by Gasteiger charge is 2.05. The van der Waals surface area contributed by atoms with Crippen LogP contribution in [0.2, 0.25) is 0 Å². The Morgan fingerprint density at radius 3 is 2.42 bits per heavy atom. The molecule has 0 bridgehead atoms. The van der Waals surface area contributed by atoms with Gasteiger partial charge in [0.25, 0.3) is 0 Å². The Morgan fingerprint density at radius 1 is 1.12 bits per heavy atom. The van der Waals surface area contributed by atoms with Crippen molar-refractivity contribution < 1.29 is 0 Å². The lowest BCUT2D eigenvalue weighted by atomic mass is 10.2. The van der Waals surface area contributed by atoms with E-state index in [1.54, 1.807) is 0 Å². The van der Waals surface area contributed by atoms with E-state index in [4.69, 9.17) is 0 Å². The smallest absolute Gasteiger partial charge is 0.191 e. The van der Waals surface area contributed by atoms with Crippen molar-refractivity contribution in [3.8, 4) is 0 Å². The molecular weight excluding hydrogens is 435 g/mol. The van der Waals surface area contributed by atoms with Crippen LogP contribution in [0.4, 0.5) is 0 Å². The van der Waals surface area contributed by atoms with Crippen molar-refractivity contribution in [2.75, 3.05) is 25.1 Å². The minimum atomic E-state index is 0. The van der Waals surface area contributed by atoms with Gasteiger partial charge in [0.2, 0.25) is 0 Å². The van der Waals surface area contributed by atoms with Crippen LogP contribution in [0.1, 0.15) is 50.7 Å². The third-order valence-corrected chi connectivity index (χ3v) is 4.40. The van der Waals surface area contributed by atoms with E-state index in [0.29, 0.717) is 6.54 Å². The summed E-state index contributed by atoms with van der Waals surface area (Å²) in [5.41, 5.74) is 0. The Kier molecular flexibility index (Phi) is 14.5. The van der Waals surface area contributed by atoms with E-state index >= 15 is 0 Å². The van der Waals surface area contributed by atoms with Crippen LogP contribution in [0.5, 0.6) is 0 Å². The zero-order valence-electron chi connectivity index (χ0n) is 15.5. The minimum absolute atomic E-state index is 0. The summed E-state index contributed by atoms with van der Waals surface area (Å²) in [7, 11) is 1.98. The van der Waals surface area contributed by atoms with E-state index in [2.05, 4.69) is 39.0 Å². The number of aliphatic imine (C=N–C) groups is 1. The predicted molar refractivity (Wildman–Crippen MR) is 115 cm³/mol. The van der Waals surface area contributed by atoms with Crippen LogP contribution >= 0.6 is 35.7 Å². The second kappa shape index (κ2) is 14.8. The summed E-state index contributed by atoms with van der Waals surface area (Å²) in [6.45, 7) is 6.64. The maximum atomic E-state index is 4.65. The molecule has 0 radical (unpaired) electrons. The lowest BCUT2D eigenvalue weighted by Gasteiger charge is -2.12. The van der Waals surface area contributed by atoms with E-state index in [-0.39, 0.29) is 24.0 Å². The van der Waals surface area contributed by atoms with Crippen molar-refractivity contribution in [2.24, 2.45) is 12.0 Å². The van der Waals surface area contributed by atoms with Crippen molar-refractivity contribution in [3.63, 3.8) is 0 Å². The second-order valence-corrected chi connectivity index (χ2v) is 6.63. The number of unbranched alkanes of at least 4 members (excludes halogenated alkanes) is 3. The number of guanidine groups is 1. The molecule has 0 unspecified atom stereocenters. The van der Waals surface area contributed by atoms with Gasteiger partial charge in [-0.15, -0.1) is 34.2 Å². The van der Waals surface area contributed by atoms with Gasteiger partial charge in [0, 0.05) is 20.1 Å². The van der Waals surface area contributed by atoms with Crippen molar-refractivity contribution in [1.29, 1.82) is 0 Å². The molecule has 2 N–H and O–H groups in total. The van der Waals surface area contributed by atoms with Crippen LogP contribution in [0.15, 0.2) is 4.99 Å². The van der Waals surface area contributed by atoms with Gasteiger partial charge in [-0.05, 0) is 31.8 Å². The molecule has 1 aromatic heterocycles. The molecular formula is C16H33IN6S. The number of thioether (sulfide) groups is 1. The third-order valence-electron chi connectivity index (χ3n) is 3.70. The average Bonchev–Trinajstić information content (AvgIpc) is 2.87. The number of nitrogens with zero attached hydrogens (tertiary/aromatic N) is 4. The zero-order chi connectivity index (χ0) is 16.9. The summed E-state index contributed by atoms with van der Waals surface area (Å²) in [5, 5.41) is 15.1. The molecule has 140 valence electrons. The Balaban J connectivity index is 0.00000529. The van der Waals surface area contributed by atoms with E-state index in [0.717, 1.165) is 37.1 Å². The molecule has 0 atom stereocenters. The average molecular weight is 468 g/mol. The topological polar surface area (TPSA) is 67.1 Å². The van der Waals surface area contributed by atoms with E-state index in [1.807, 2.05) is 30.3 Å². The van der Waals surface area contributed by atoms with E-state index in [9.17, 15) is 0 Å². The number of hydrogen-bond acceptors (Lipinski definition) is 4. The molecule has 6 nitrogen and oxygen atoms in total. The zero-order valence-corrected chi connectivity index (χ0v) is 18.6. The van der Waals surface area contributed by atoms with Crippen LogP contribution < -0.4 is 10.6 Å². The van der Waals surface area contributed by atoms with Crippen LogP contribution in [0.25, 0.3) is 0 Å². The van der Waals surface area contributed by atoms with Crippen LogP contribution in [0.3, 0.4) is 0 Å². The van der Waals surface area contributed by atoms with Crippen molar-refractivity contribution in [1.82, 2.24) is 25.4 Å². The molecule has 0 saturated carbocycles. The Labute approximate surface area is 168 Å². The maximum Gasteiger partial charge on any atom is 0.191 e. The Bertz CT molecular complexity index is 463. The van der Waals surface area contributed by atoms with Gasteiger partial charge in [0.15, 0.2) is 11.8 Å². The number of halogens is 1. The first-order valence-electron chi connectivity index (χ1n) is 8.55. The maximum absolute atomic E-state index is 4.65. The third kappa shape index (κ3) is 9.71. The fourth-order valence-electron chi connectivity index (χ4n) is 2.09. The van der Waals surface area contributed by atoms with Gasteiger partial charge in [-0.1, -0.05) is 26.2 Å². The first kappa shape index (κ1) is 23.5. The highest BCUT2D eigenvalue weighted by atomic mass is 127. The lowest BCUT2D eigenvalue weighted by molar-refractivity contribution is 0.644.